The van der Waals surface area contributed by atoms with Gasteiger partial charge in [0, 0.05) is 41.9 Å². The molecule has 0 spiro atoms. The summed E-state index contributed by atoms with van der Waals surface area (Å²) in [5.41, 5.74) is 9.29. The summed E-state index contributed by atoms with van der Waals surface area (Å²) < 4.78 is 20.1. The Labute approximate surface area is 329 Å². The van der Waals surface area contributed by atoms with Crippen molar-refractivity contribution >= 4 is 41.2 Å². The van der Waals surface area contributed by atoms with Gasteiger partial charge in [0.1, 0.15) is 18.1 Å². The zero-order valence-electron chi connectivity index (χ0n) is 32.7. The van der Waals surface area contributed by atoms with E-state index >= 15 is 0 Å². The van der Waals surface area contributed by atoms with Gasteiger partial charge in [-0.15, -0.1) is 23.1 Å². The third kappa shape index (κ3) is 12.9. The van der Waals surface area contributed by atoms with Gasteiger partial charge < -0.3 is 35.7 Å². The van der Waals surface area contributed by atoms with Crippen molar-refractivity contribution in [2.45, 2.75) is 101 Å². The predicted molar refractivity (Wildman–Crippen MR) is 218 cm³/mol. The molecule has 1 aromatic heterocycles. The summed E-state index contributed by atoms with van der Waals surface area (Å²) in [6, 6.07) is 15.9. The molecule has 5 rings (SSSR count). The van der Waals surface area contributed by atoms with Crippen molar-refractivity contribution in [3.8, 4) is 16.2 Å². The van der Waals surface area contributed by atoms with Crippen molar-refractivity contribution in [2.75, 3.05) is 46.1 Å². The predicted octanol–water partition coefficient (Wildman–Crippen LogP) is 6.26. The smallest absolute Gasteiger partial charge is 0.258 e. The Morgan fingerprint density at radius 2 is 1.94 bits per heavy atom. The van der Waals surface area contributed by atoms with Crippen molar-refractivity contribution in [2.24, 2.45) is 11.1 Å². The van der Waals surface area contributed by atoms with E-state index in [1.165, 1.54) is 25.8 Å². The third-order valence-electron chi connectivity index (χ3n) is 9.70. The van der Waals surface area contributed by atoms with Crippen LogP contribution in [0.4, 0.5) is 4.39 Å². The van der Waals surface area contributed by atoms with E-state index in [1.54, 1.807) is 11.3 Å². The number of hydrogen-bond acceptors (Lipinski definition) is 10. The number of carbonyl (C=O) groups is 3. The number of thioether (sulfide) groups is 1. The van der Waals surface area contributed by atoms with Gasteiger partial charge in [-0.3, -0.25) is 9.59 Å². The van der Waals surface area contributed by atoms with E-state index < -0.39 is 29.1 Å². The van der Waals surface area contributed by atoms with E-state index in [4.69, 9.17) is 10.5 Å². The lowest BCUT2D eigenvalue weighted by molar-refractivity contribution is -0.142. The lowest BCUT2D eigenvalue weighted by Gasteiger charge is -2.35. The van der Waals surface area contributed by atoms with E-state index in [0.717, 1.165) is 62.4 Å². The Balaban J connectivity index is 0.000000266. The molecule has 0 radical (unpaired) electrons. The van der Waals surface area contributed by atoms with Gasteiger partial charge >= 0.3 is 0 Å². The maximum absolute atomic E-state index is 13.8. The summed E-state index contributed by atoms with van der Waals surface area (Å²) in [4.78, 5) is 46.4. The fourth-order valence-corrected chi connectivity index (χ4v) is 7.91. The molecular formula is C41H59FN6O4S2. The number of amides is 2. The van der Waals surface area contributed by atoms with Crippen LogP contribution in [0.5, 0.6) is 5.75 Å². The first-order chi connectivity index (χ1) is 25.8. The molecule has 54 heavy (non-hydrogen) atoms. The molecule has 0 bridgehead atoms. The van der Waals surface area contributed by atoms with E-state index in [1.807, 2.05) is 51.2 Å². The molecule has 2 aliphatic rings. The quantitative estimate of drug-likeness (QED) is 0.0779. The lowest BCUT2D eigenvalue weighted by atomic mass is 9.85. The number of carbonyl (C=O) groups excluding carboxylic acids is 3. The summed E-state index contributed by atoms with van der Waals surface area (Å²) in [7, 11) is 4.12. The Bertz CT molecular complexity index is 1650. The fourth-order valence-electron chi connectivity index (χ4n) is 6.18. The lowest BCUT2D eigenvalue weighted by Crippen LogP contribution is -2.57. The number of aryl methyl sites for hydroxylation is 1. The van der Waals surface area contributed by atoms with Crippen LogP contribution in [0, 0.1) is 12.3 Å². The van der Waals surface area contributed by atoms with Crippen molar-refractivity contribution in [1.82, 2.24) is 25.4 Å². The Kier molecular flexibility index (Phi) is 16.5. The Morgan fingerprint density at radius 1 is 1.20 bits per heavy atom. The molecule has 3 aromatic rings. The second kappa shape index (κ2) is 20.5. The van der Waals surface area contributed by atoms with Crippen LogP contribution in [0.25, 0.3) is 10.4 Å². The minimum absolute atomic E-state index is 0.205. The summed E-state index contributed by atoms with van der Waals surface area (Å²) in [6.45, 7) is 11.5. The maximum atomic E-state index is 13.8. The highest BCUT2D eigenvalue weighted by Crippen LogP contribution is 2.40. The van der Waals surface area contributed by atoms with Crippen LogP contribution < -0.4 is 21.1 Å². The third-order valence-corrected chi connectivity index (χ3v) is 11.9. The van der Waals surface area contributed by atoms with Crippen molar-refractivity contribution in [3.63, 3.8) is 0 Å². The molecule has 1 aliphatic carbocycles. The molecule has 2 amide bonds. The molecule has 10 nitrogen and oxygen atoms in total. The first-order valence-electron chi connectivity index (χ1n) is 18.9. The molecule has 3 unspecified atom stereocenters. The molecular weight excluding hydrogens is 724 g/mol. The normalized spacial score (nSPS) is 17.4. The standard InChI is InChI=1S/C26H36N4OS2.C15H23FN2O3/c1-20-26(33-19-29-20)21-10-11-22(17-28-2)25(16-21)31-15-7-13-30(3)14-12-23(27)18-32-24-8-5-4-6-9-24;1-14(2,3)11(17-13(21)15(16)6-7-15)12(20)18-8-4-5-10(18)9-19/h4-6,8-11,16,19,23,28H,7,12-15,17-18,27H2,1-3H3;9-11H,4-8H2,1-3H3,(H,17,21). The highest BCUT2D eigenvalue weighted by Gasteiger charge is 2.53. The summed E-state index contributed by atoms with van der Waals surface area (Å²) in [5.74, 6) is 0.898. The maximum Gasteiger partial charge on any atom is 0.258 e. The van der Waals surface area contributed by atoms with Crippen LogP contribution in [0.2, 0.25) is 0 Å². The van der Waals surface area contributed by atoms with E-state index in [9.17, 15) is 18.8 Å². The number of rotatable bonds is 18. The van der Waals surface area contributed by atoms with E-state index in [2.05, 4.69) is 77.0 Å². The van der Waals surface area contributed by atoms with Crippen LogP contribution in [-0.4, -0.2) is 103 Å². The number of nitrogens with one attached hydrogen (secondary N) is 2. The highest BCUT2D eigenvalue weighted by molar-refractivity contribution is 7.99. The number of ether oxygens (including phenoxy) is 1. The number of alkyl halides is 1. The second-order valence-corrected chi connectivity index (χ2v) is 17.4. The largest absolute Gasteiger partial charge is 0.493 e. The number of likely N-dealkylation sites (tertiary alicyclic amines) is 1. The molecule has 296 valence electrons. The van der Waals surface area contributed by atoms with Crippen LogP contribution in [0.3, 0.4) is 0 Å². The highest BCUT2D eigenvalue weighted by atomic mass is 32.2. The van der Waals surface area contributed by atoms with Crippen LogP contribution >= 0.6 is 23.1 Å². The number of aldehydes is 1. The molecule has 1 saturated heterocycles. The van der Waals surface area contributed by atoms with Crippen molar-refractivity contribution in [1.29, 1.82) is 0 Å². The number of hydrogen-bond donors (Lipinski definition) is 3. The average molecular weight is 783 g/mol. The molecule has 2 aromatic carbocycles. The van der Waals surface area contributed by atoms with Crippen LogP contribution in [-0.2, 0) is 20.9 Å². The van der Waals surface area contributed by atoms with Crippen molar-refractivity contribution in [3.05, 3.63) is 65.3 Å². The van der Waals surface area contributed by atoms with Crippen LogP contribution in [0.15, 0.2) is 58.9 Å². The number of benzene rings is 2. The minimum Gasteiger partial charge on any atom is -0.493 e. The van der Waals surface area contributed by atoms with Gasteiger partial charge in [0.05, 0.1) is 28.7 Å². The van der Waals surface area contributed by atoms with Gasteiger partial charge in [0.25, 0.3) is 5.91 Å². The van der Waals surface area contributed by atoms with Gasteiger partial charge in [-0.1, -0.05) is 51.1 Å². The molecule has 3 atom stereocenters. The number of nitrogens with two attached hydrogens (primary N) is 1. The first-order valence-corrected chi connectivity index (χ1v) is 20.8. The fraction of sp³-hybridized carbons (Fsp3) is 0.561. The number of halogens is 1. The summed E-state index contributed by atoms with van der Waals surface area (Å²) in [6.07, 6.45) is 4.59. The topological polar surface area (TPSA) is 130 Å². The molecule has 1 aliphatic heterocycles. The Morgan fingerprint density at radius 3 is 2.57 bits per heavy atom. The number of aromatic nitrogens is 1. The minimum atomic E-state index is -1.81. The van der Waals surface area contributed by atoms with E-state index in [-0.39, 0.29) is 24.8 Å². The summed E-state index contributed by atoms with van der Waals surface area (Å²) in [5, 5.41) is 5.79. The molecule has 1 saturated carbocycles. The SMILES string of the molecule is CC(C)(C)C(NC(=O)C1(F)CC1)C(=O)N1CCCC1C=O.CNCc1ccc(-c2scnc2C)cc1OCCCN(C)CCC(N)CSc1ccccc1. The average Bonchev–Trinajstić information content (AvgIpc) is 3.50. The van der Waals surface area contributed by atoms with Gasteiger partial charge in [0.2, 0.25) is 5.91 Å². The zero-order valence-corrected chi connectivity index (χ0v) is 34.4. The number of thiazole rings is 1. The zero-order chi connectivity index (χ0) is 39.3. The Hall–Kier alpha value is -3.36. The first kappa shape index (κ1) is 43.4. The number of nitrogens with zero attached hydrogens (tertiary/aromatic N) is 3. The van der Waals surface area contributed by atoms with Gasteiger partial charge in [-0.25, -0.2) is 9.37 Å². The molecule has 4 N–H and O–H groups in total. The monoisotopic (exact) mass is 782 g/mol. The summed E-state index contributed by atoms with van der Waals surface area (Å²) >= 11 is 3.51. The van der Waals surface area contributed by atoms with Gasteiger partial charge in [0.15, 0.2) is 5.67 Å². The van der Waals surface area contributed by atoms with Gasteiger partial charge in [-0.05, 0) is 95.3 Å². The molecule has 13 heteroatoms. The second-order valence-electron chi connectivity index (χ2n) is 15.4. The molecule has 2 fully saturated rings. The van der Waals surface area contributed by atoms with E-state index in [0.29, 0.717) is 19.6 Å². The van der Waals surface area contributed by atoms with Gasteiger partial charge in [-0.2, -0.15) is 0 Å². The van der Waals surface area contributed by atoms with Crippen molar-refractivity contribution < 1.29 is 23.5 Å². The molecule has 2 heterocycles. The van der Waals surface area contributed by atoms with Crippen LogP contribution in [0.1, 0.15) is 70.6 Å².